The molecule has 0 saturated carbocycles. The van der Waals surface area contributed by atoms with Gasteiger partial charge in [-0.25, -0.2) is 4.68 Å². The molecule has 4 heteroatoms. The van der Waals surface area contributed by atoms with Crippen molar-refractivity contribution in [2.45, 2.75) is 0 Å². The first-order valence-corrected chi connectivity index (χ1v) is 9.12. The number of para-hydroxylation sites is 2. The number of nitrogens with one attached hydrogen (secondary N) is 1. The molecule has 4 nitrogen and oxygen atoms in total. The highest BCUT2D eigenvalue weighted by atomic mass is 16.2. The van der Waals surface area contributed by atoms with Crippen LogP contribution in [0.3, 0.4) is 0 Å². The smallest absolute Gasteiger partial charge is 0.256 e. The number of hydrogen-bond acceptors (Lipinski definition) is 2. The van der Waals surface area contributed by atoms with Gasteiger partial charge in [0.25, 0.3) is 5.91 Å². The molecule has 0 unspecified atom stereocenters. The number of hydrogen-bond donors (Lipinski definition) is 1. The van der Waals surface area contributed by atoms with Gasteiger partial charge in [-0.15, -0.1) is 0 Å². The maximum atomic E-state index is 12.6. The lowest BCUT2D eigenvalue weighted by molar-refractivity contribution is -0.110. The molecule has 3 aromatic carbocycles. The number of benzene rings is 3. The van der Waals surface area contributed by atoms with E-state index >= 15 is 0 Å². The third-order valence-corrected chi connectivity index (χ3v) is 4.82. The summed E-state index contributed by atoms with van der Waals surface area (Å²) in [6, 6.07) is 27.7. The van der Waals surface area contributed by atoms with E-state index in [9.17, 15) is 4.79 Å². The van der Waals surface area contributed by atoms with E-state index in [0.717, 1.165) is 33.8 Å². The Bertz CT molecular complexity index is 1190. The van der Waals surface area contributed by atoms with Gasteiger partial charge in [0.05, 0.1) is 11.4 Å². The van der Waals surface area contributed by atoms with Crippen LogP contribution in [0.1, 0.15) is 11.1 Å². The van der Waals surface area contributed by atoms with Crippen LogP contribution in [0.25, 0.3) is 28.6 Å². The van der Waals surface area contributed by atoms with Crippen molar-refractivity contribution in [1.29, 1.82) is 0 Å². The minimum absolute atomic E-state index is 0.0901. The van der Waals surface area contributed by atoms with Gasteiger partial charge in [0.1, 0.15) is 0 Å². The number of anilines is 1. The molecule has 0 fully saturated rings. The van der Waals surface area contributed by atoms with Gasteiger partial charge in [0.2, 0.25) is 0 Å². The van der Waals surface area contributed by atoms with E-state index in [0.29, 0.717) is 5.57 Å². The number of carbonyl (C=O) groups is 1. The van der Waals surface area contributed by atoms with Crippen molar-refractivity contribution >= 4 is 23.2 Å². The maximum Gasteiger partial charge on any atom is 0.256 e. The average Bonchev–Trinajstić information content (AvgIpc) is 3.31. The van der Waals surface area contributed by atoms with Crippen LogP contribution in [0.15, 0.2) is 91.1 Å². The van der Waals surface area contributed by atoms with Crippen molar-refractivity contribution < 1.29 is 4.79 Å². The summed E-state index contributed by atoms with van der Waals surface area (Å²) in [6.07, 6.45) is 3.90. The normalized spacial score (nSPS) is 14.1. The van der Waals surface area contributed by atoms with Crippen molar-refractivity contribution in [3.8, 4) is 16.9 Å². The lowest BCUT2D eigenvalue weighted by Gasteiger charge is -2.00. The number of fused-ring (bicyclic) bond motifs is 1. The highest BCUT2D eigenvalue weighted by molar-refractivity contribution is 6.35. The molecule has 0 spiro atoms. The predicted molar refractivity (Wildman–Crippen MR) is 112 cm³/mol. The number of nitrogens with zero attached hydrogens (tertiary/aromatic N) is 2. The fourth-order valence-electron chi connectivity index (χ4n) is 3.46. The van der Waals surface area contributed by atoms with Gasteiger partial charge in [-0.1, -0.05) is 66.7 Å². The van der Waals surface area contributed by atoms with E-state index in [4.69, 9.17) is 5.10 Å². The molecule has 5 rings (SSSR count). The molecule has 28 heavy (non-hydrogen) atoms. The summed E-state index contributed by atoms with van der Waals surface area (Å²) in [5.74, 6) is -0.0901. The molecule has 0 bridgehead atoms. The zero-order chi connectivity index (χ0) is 18.9. The summed E-state index contributed by atoms with van der Waals surface area (Å²) < 4.78 is 1.85. The summed E-state index contributed by atoms with van der Waals surface area (Å²) in [5.41, 5.74) is 6.14. The summed E-state index contributed by atoms with van der Waals surface area (Å²) in [4.78, 5) is 12.6. The Morgan fingerprint density at radius 1 is 0.821 bits per heavy atom. The number of amides is 1. The van der Waals surface area contributed by atoms with Crippen molar-refractivity contribution in [2.24, 2.45) is 0 Å². The molecular formula is C24H17N3O. The summed E-state index contributed by atoms with van der Waals surface area (Å²) >= 11 is 0. The van der Waals surface area contributed by atoms with Crippen molar-refractivity contribution in [3.05, 3.63) is 102 Å². The van der Waals surface area contributed by atoms with Crippen LogP contribution >= 0.6 is 0 Å². The Morgan fingerprint density at radius 3 is 2.29 bits per heavy atom. The average molecular weight is 363 g/mol. The van der Waals surface area contributed by atoms with Gasteiger partial charge in [0.15, 0.2) is 0 Å². The molecule has 1 aromatic heterocycles. The van der Waals surface area contributed by atoms with Crippen LogP contribution in [0.5, 0.6) is 0 Å². The Labute approximate surface area is 162 Å². The maximum absolute atomic E-state index is 12.6. The molecule has 0 aliphatic carbocycles. The third-order valence-electron chi connectivity index (χ3n) is 4.82. The first kappa shape index (κ1) is 16.3. The van der Waals surface area contributed by atoms with Gasteiger partial charge in [0, 0.05) is 34.1 Å². The predicted octanol–water partition coefficient (Wildman–Crippen LogP) is 5.03. The van der Waals surface area contributed by atoms with Crippen LogP contribution in [-0.4, -0.2) is 15.7 Å². The first-order chi connectivity index (χ1) is 13.8. The van der Waals surface area contributed by atoms with E-state index < -0.39 is 0 Å². The van der Waals surface area contributed by atoms with E-state index in [2.05, 4.69) is 5.32 Å². The highest BCUT2D eigenvalue weighted by Gasteiger charge is 2.24. The Kier molecular flexibility index (Phi) is 3.87. The number of aromatic nitrogens is 2. The standard InChI is InChI=1S/C24H17N3O/c28-24-21(20-13-7-8-14-22(20)25-24)15-18-16-27(19-11-5-2-6-12-19)26-23(18)17-9-3-1-4-10-17/h1-16H,(H,25,28)/b21-15+. The minimum Gasteiger partial charge on any atom is -0.321 e. The van der Waals surface area contributed by atoms with E-state index in [1.165, 1.54) is 0 Å². The van der Waals surface area contributed by atoms with Crippen molar-refractivity contribution in [2.75, 3.05) is 5.32 Å². The van der Waals surface area contributed by atoms with Gasteiger partial charge < -0.3 is 5.32 Å². The van der Waals surface area contributed by atoms with Crippen LogP contribution in [-0.2, 0) is 4.79 Å². The summed E-state index contributed by atoms with van der Waals surface area (Å²) in [6.45, 7) is 0. The summed E-state index contributed by atoms with van der Waals surface area (Å²) in [7, 11) is 0. The molecule has 2 heterocycles. The number of carbonyl (C=O) groups excluding carboxylic acids is 1. The molecule has 0 atom stereocenters. The lowest BCUT2D eigenvalue weighted by Crippen LogP contribution is -2.03. The zero-order valence-electron chi connectivity index (χ0n) is 15.0. The number of rotatable bonds is 3. The van der Waals surface area contributed by atoms with E-state index in [1.54, 1.807) is 0 Å². The van der Waals surface area contributed by atoms with Gasteiger partial charge in [-0.3, -0.25) is 4.79 Å². The third kappa shape index (κ3) is 2.81. The second-order valence-electron chi connectivity index (χ2n) is 6.64. The minimum atomic E-state index is -0.0901. The van der Waals surface area contributed by atoms with Crippen molar-refractivity contribution in [3.63, 3.8) is 0 Å². The SMILES string of the molecule is O=C1Nc2ccccc2/C1=C\c1cn(-c2ccccc2)nc1-c1ccccc1. The second-order valence-corrected chi connectivity index (χ2v) is 6.64. The highest BCUT2D eigenvalue weighted by Crippen LogP contribution is 2.34. The fraction of sp³-hybridized carbons (Fsp3) is 0. The van der Waals surface area contributed by atoms with Crippen LogP contribution < -0.4 is 5.32 Å². The topological polar surface area (TPSA) is 46.9 Å². The van der Waals surface area contributed by atoms with Gasteiger partial charge in [-0.2, -0.15) is 5.10 Å². The molecule has 1 N–H and O–H groups in total. The molecule has 1 aliphatic heterocycles. The van der Waals surface area contributed by atoms with Crippen LogP contribution in [0, 0.1) is 0 Å². The van der Waals surface area contributed by atoms with Gasteiger partial charge >= 0.3 is 0 Å². The molecule has 0 saturated heterocycles. The largest absolute Gasteiger partial charge is 0.321 e. The molecule has 134 valence electrons. The van der Waals surface area contributed by atoms with E-state index in [1.807, 2.05) is 102 Å². The molecule has 4 aromatic rings. The summed E-state index contributed by atoms with van der Waals surface area (Å²) in [5, 5.41) is 7.75. The quantitative estimate of drug-likeness (QED) is 0.519. The first-order valence-electron chi connectivity index (χ1n) is 9.12. The molecule has 1 aliphatic rings. The van der Waals surface area contributed by atoms with Crippen molar-refractivity contribution in [1.82, 2.24) is 9.78 Å². The Balaban J connectivity index is 1.69. The zero-order valence-corrected chi connectivity index (χ0v) is 15.0. The Morgan fingerprint density at radius 2 is 1.50 bits per heavy atom. The monoisotopic (exact) mass is 363 g/mol. The molecule has 0 radical (unpaired) electrons. The lowest BCUT2D eigenvalue weighted by atomic mass is 10.0. The molecule has 1 amide bonds. The fourth-order valence-corrected chi connectivity index (χ4v) is 3.46. The molecular weight excluding hydrogens is 346 g/mol. The second kappa shape index (κ2) is 6.67. The van der Waals surface area contributed by atoms with Crippen LogP contribution in [0.2, 0.25) is 0 Å². The van der Waals surface area contributed by atoms with Gasteiger partial charge in [-0.05, 0) is 24.3 Å². The van der Waals surface area contributed by atoms with E-state index in [-0.39, 0.29) is 5.91 Å². The Hall–Kier alpha value is -3.92. The van der Waals surface area contributed by atoms with Crippen LogP contribution in [0.4, 0.5) is 5.69 Å².